The molecule has 0 unspecified atom stereocenters. The molecule has 1 aromatic carbocycles. The lowest BCUT2D eigenvalue weighted by Crippen LogP contribution is -1.94. The summed E-state index contributed by atoms with van der Waals surface area (Å²) in [5.41, 5.74) is 1.20. The zero-order chi connectivity index (χ0) is 15.5. The Balaban J connectivity index is 1.98. The van der Waals surface area contributed by atoms with Gasteiger partial charge < -0.3 is 0 Å². The van der Waals surface area contributed by atoms with Crippen molar-refractivity contribution in [2.45, 2.75) is 25.3 Å². The first-order chi connectivity index (χ1) is 10.6. The topological polar surface area (TPSA) is 42.9 Å². The standard InChI is InChI=1S/C17H16N2OS2/c1-11(20)8-9-21-16-14-10-15(13-6-4-3-5-7-13)22-17(14)19-12(2)18-16/h3-7,10H,8-9H2,1-2H3. The van der Waals surface area contributed by atoms with Gasteiger partial charge in [-0.05, 0) is 25.5 Å². The number of thiophene rings is 1. The summed E-state index contributed by atoms with van der Waals surface area (Å²) >= 11 is 3.32. The van der Waals surface area contributed by atoms with E-state index < -0.39 is 0 Å². The summed E-state index contributed by atoms with van der Waals surface area (Å²) in [6, 6.07) is 12.5. The highest BCUT2D eigenvalue weighted by Crippen LogP contribution is 2.36. The van der Waals surface area contributed by atoms with Crippen LogP contribution in [0, 0.1) is 6.92 Å². The first kappa shape index (κ1) is 15.2. The third kappa shape index (κ3) is 3.36. The number of rotatable bonds is 5. The molecule has 112 valence electrons. The van der Waals surface area contributed by atoms with Crippen LogP contribution >= 0.6 is 23.1 Å². The highest BCUT2D eigenvalue weighted by molar-refractivity contribution is 7.99. The Labute approximate surface area is 137 Å². The number of carbonyl (C=O) groups excluding carboxylic acids is 1. The number of ketones is 1. The van der Waals surface area contributed by atoms with Crippen LogP contribution in [0.25, 0.3) is 20.7 Å². The van der Waals surface area contributed by atoms with E-state index in [4.69, 9.17) is 0 Å². The molecule has 0 aliphatic carbocycles. The minimum absolute atomic E-state index is 0.213. The Hall–Kier alpha value is -1.72. The lowest BCUT2D eigenvalue weighted by Gasteiger charge is -2.02. The van der Waals surface area contributed by atoms with Gasteiger partial charge in [-0.2, -0.15) is 0 Å². The minimum atomic E-state index is 0.213. The van der Waals surface area contributed by atoms with Gasteiger partial charge in [0.15, 0.2) is 0 Å². The summed E-state index contributed by atoms with van der Waals surface area (Å²) in [7, 11) is 0. The van der Waals surface area contributed by atoms with E-state index in [1.54, 1.807) is 30.0 Å². The maximum absolute atomic E-state index is 11.1. The molecule has 0 amide bonds. The van der Waals surface area contributed by atoms with E-state index in [-0.39, 0.29) is 5.78 Å². The van der Waals surface area contributed by atoms with Crippen molar-refractivity contribution in [3.05, 3.63) is 42.2 Å². The number of fused-ring (bicyclic) bond motifs is 1. The van der Waals surface area contributed by atoms with Gasteiger partial charge in [-0.1, -0.05) is 30.3 Å². The average molecular weight is 328 g/mol. The van der Waals surface area contributed by atoms with Crippen molar-refractivity contribution < 1.29 is 4.79 Å². The molecule has 3 nitrogen and oxygen atoms in total. The Bertz CT molecular complexity index is 812. The van der Waals surface area contributed by atoms with Crippen LogP contribution in [0.5, 0.6) is 0 Å². The van der Waals surface area contributed by atoms with Crippen LogP contribution in [0.2, 0.25) is 0 Å². The fourth-order valence-electron chi connectivity index (χ4n) is 2.14. The first-order valence-electron chi connectivity index (χ1n) is 7.09. The largest absolute Gasteiger partial charge is 0.300 e. The normalized spacial score (nSPS) is 11.0. The van der Waals surface area contributed by atoms with E-state index in [2.05, 4.69) is 28.2 Å². The van der Waals surface area contributed by atoms with Crippen molar-refractivity contribution >= 4 is 39.1 Å². The SMILES string of the molecule is CC(=O)CCSc1nc(C)nc2sc(-c3ccccc3)cc12. The van der Waals surface area contributed by atoms with Crippen molar-refractivity contribution in [2.24, 2.45) is 0 Å². The van der Waals surface area contributed by atoms with Crippen molar-refractivity contribution in [2.75, 3.05) is 5.75 Å². The van der Waals surface area contributed by atoms with Gasteiger partial charge >= 0.3 is 0 Å². The summed E-state index contributed by atoms with van der Waals surface area (Å²) in [4.78, 5) is 22.4. The highest BCUT2D eigenvalue weighted by atomic mass is 32.2. The monoisotopic (exact) mass is 328 g/mol. The molecule has 0 N–H and O–H groups in total. The molecule has 0 aliphatic rings. The molecule has 22 heavy (non-hydrogen) atoms. The van der Waals surface area contributed by atoms with E-state index in [0.29, 0.717) is 6.42 Å². The summed E-state index contributed by atoms with van der Waals surface area (Å²) in [5.74, 6) is 1.75. The number of Topliss-reactive ketones (excluding diaryl/α,β-unsaturated/α-hetero) is 1. The van der Waals surface area contributed by atoms with Gasteiger partial charge in [-0.15, -0.1) is 23.1 Å². The second-order valence-electron chi connectivity index (χ2n) is 5.07. The minimum Gasteiger partial charge on any atom is -0.300 e. The molecule has 2 heterocycles. The third-order valence-electron chi connectivity index (χ3n) is 3.22. The maximum atomic E-state index is 11.1. The van der Waals surface area contributed by atoms with Crippen LogP contribution in [0.1, 0.15) is 19.2 Å². The Kier molecular flexibility index (Phi) is 4.55. The zero-order valence-corrected chi connectivity index (χ0v) is 14.1. The van der Waals surface area contributed by atoms with Crippen LogP contribution in [0.15, 0.2) is 41.4 Å². The molecule has 3 rings (SSSR count). The number of hydrogen-bond donors (Lipinski definition) is 0. The van der Waals surface area contributed by atoms with Gasteiger partial charge in [-0.25, -0.2) is 9.97 Å². The molecule has 2 aromatic heterocycles. The summed E-state index contributed by atoms with van der Waals surface area (Å²) in [6.45, 7) is 3.54. The van der Waals surface area contributed by atoms with E-state index in [0.717, 1.165) is 26.8 Å². The molecule has 0 saturated carbocycles. The predicted octanol–water partition coefficient (Wildman–Crippen LogP) is 4.74. The van der Waals surface area contributed by atoms with E-state index in [1.165, 1.54) is 10.4 Å². The van der Waals surface area contributed by atoms with E-state index in [1.807, 2.05) is 25.1 Å². The average Bonchev–Trinajstić information content (AvgIpc) is 2.91. The van der Waals surface area contributed by atoms with Gasteiger partial charge in [-0.3, -0.25) is 4.79 Å². The third-order valence-corrected chi connectivity index (χ3v) is 5.29. The smallest absolute Gasteiger partial charge is 0.130 e. The van der Waals surface area contributed by atoms with Crippen LogP contribution in [0.3, 0.4) is 0 Å². The van der Waals surface area contributed by atoms with Crippen molar-refractivity contribution in [1.29, 1.82) is 0 Å². The second-order valence-corrected chi connectivity index (χ2v) is 7.19. The molecular weight excluding hydrogens is 312 g/mol. The predicted molar refractivity (Wildman–Crippen MR) is 93.6 cm³/mol. The summed E-state index contributed by atoms with van der Waals surface area (Å²) in [6.07, 6.45) is 0.574. The number of thioether (sulfide) groups is 1. The maximum Gasteiger partial charge on any atom is 0.130 e. The molecule has 5 heteroatoms. The van der Waals surface area contributed by atoms with Crippen molar-refractivity contribution in [3.8, 4) is 10.4 Å². The van der Waals surface area contributed by atoms with E-state index >= 15 is 0 Å². The quantitative estimate of drug-likeness (QED) is 0.501. The molecule has 0 saturated heterocycles. The van der Waals surface area contributed by atoms with Gasteiger partial charge in [0.25, 0.3) is 0 Å². The highest BCUT2D eigenvalue weighted by Gasteiger charge is 2.12. The van der Waals surface area contributed by atoms with Gasteiger partial charge in [0, 0.05) is 22.4 Å². The molecule has 0 aliphatic heterocycles. The fourth-order valence-corrected chi connectivity index (χ4v) is 4.38. The Morgan fingerprint density at radius 1 is 1.23 bits per heavy atom. The van der Waals surface area contributed by atoms with Gasteiger partial charge in [0.2, 0.25) is 0 Å². The second kappa shape index (κ2) is 6.58. The number of aryl methyl sites for hydroxylation is 1. The number of nitrogens with zero attached hydrogens (tertiary/aromatic N) is 2. The lowest BCUT2D eigenvalue weighted by molar-refractivity contribution is -0.116. The number of aromatic nitrogens is 2. The van der Waals surface area contributed by atoms with Crippen LogP contribution in [0.4, 0.5) is 0 Å². The van der Waals surface area contributed by atoms with Crippen LogP contribution < -0.4 is 0 Å². The first-order valence-corrected chi connectivity index (χ1v) is 8.89. The fraction of sp³-hybridized carbons (Fsp3) is 0.235. The van der Waals surface area contributed by atoms with Gasteiger partial charge in [0.1, 0.15) is 21.5 Å². The summed E-state index contributed by atoms with van der Waals surface area (Å²) in [5, 5.41) is 2.06. The number of benzene rings is 1. The zero-order valence-electron chi connectivity index (χ0n) is 12.5. The van der Waals surface area contributed by atoms with Crippen molar-refractivity contribution in [1.82, 2.24) is 9.97 Å². The molecular formula is C17H16N2OS2. The molecule has 0 bridgehead atoms. The summed E-state index contributed by atoms with van der Waals surface area (Å²) < 4.78 is 0. The molecule has 0 atom stereocenters. The van der Waals surface area contributed by atoms with Crippen LogP contribution in [-0.2, 0) is 4.79 Å². The van der Waals surface area contributed by atoms with E-state index in [9.17, 15) is 4.79 Å². The molecule has 0 radical (unpaired) electrons. The number of carbonyl (C=O) groups is 1. The number of hydrogen-bond acceptors (Lipinski definition) is 5. The van der Waals surface area contributed by atoms with Crippen molar-refractivity contribution in [3.63, 3.8) is 0 Å². The van der Waals surface area contributed by atoms with Crippen LogP contribution in [-0.4, -0.2) is 21.5 Å². The molecule has 0 spiro atoms. The molecule has 3 aromatic rings. The Morgan fingerprint density at radius 3 is 2.73 bits per heavy atom. The lowest BCUT2D eigenvalue weighted by atomic mass is 10.2. The molecule has 0 fully saturated rings. The van der Waals surface area contributed by atoms with Gasteiger partial charge in [0.05, 0.1) is 0 Å². The Morgan fingerprint density at radius 2 is 2.00 bits per heavy atom.